The largest absolute Gasteiger partial charge is 0.387 e. The van der Waals surface area contributed by atoms with Gasteiger partial charge in [-0.2, -0.15) is 0 Å². The fourth-order valence-electron chi connectivity index (χ4n) is 1.58. The van der Waals surface area contributed by atoms with Crippen LogP contribution in [0.3, 0.4) is 0 Å². The Morgan fingerprint density at radius 2 is 1.76 bits per heavy atom. The van der Waals surface area contributed by atoms with Gasteiger partial charge in [-0.1, -0.05) is 29.8 Å². The molecule has 17 heavy (non-hydrogen) atoms. The number of halogens is 1. The highest BCUT2D eigenvalue weighted by Gasteiger charge is 2.20. The molecule has 1 N–H and O–H groups in total. The zero-order valence-electron chi connectivity index (χ0n) is 10.2. The fourth-order valence-corrected chi connectivity index (χ4v) is 1.80. The highest BCUT2D eigenvalue weighted by atomic mass is 35.5. The van der Waals surface area contributed by atoms with E-state index in [0.29, 0.717) is 24.7 Å². The summed E-state index contributed by atoms with van der Waals surface area (Å²) in [6.07, 6.45) is -0.888. The Labute approximate surface area is 107 Å². The van der Waals surface area contributed by atoms with Crippen molar-refractivity contribution in [3.05, 3.63) is 34.9 Å². The molecule has 4 heteroatoms. The van der Waals surface area contributed by atoms with Gasteiger partial charge in [-0.25, -0.2) is 0 Å². The second kappa shape index (κ2) is 7.67. The summed E-state index contributed by atoms with van der Waals surface area (Å²) in [4.78, 5) is 0. The summed E-state index contributed by atoms with van der Waals surface area (Å²) >= 11 is 6.03. The second-order valence-electron chi connectivity index (χ2n) is 3.64. The maximum atomic E-state index is 10.0. The SMILES string of the molecule is CCOC(OCC)C(O)Cc1ccccc1Cl. The first-order chi connectivity index (χ1) is 8.19. The molecule has 0 spiro atoms. The normalized spacial score (nSPS) is 13.0. The van der Waals surface area contributed by atoms with Gasteiger partial charge in [-0.15, -0.1) is 0 Å². The van der Waals surface area contributed by atoms with Gasteiger partial charge in [0.1, 0.15) is 6.10 Å². The molecule has 0 aromatic heterocycles. The highest BCUT2D eigenvalue weighted by molar-refractivity contribution is 6.31. The van der Waals surface area contributed by atoms with Crippen LogP contribution in [0.25, 0.3) is 0 Å². The smallest absolute Gasteiger partial charge is 0.183 e. The third-order valence-corrected chi connectivity index (χ3v) is 2.73. The Bertz CT molecular complexity index is 324. The maximum absolute atomic E-state index is 10.0. The Balaban J connectivity index is 2.62. The molecule has 1 unspecified atom stereocenters. The second-order valence-corrected chi connectivity index (χ2v) is 4.05. The molecule has 1 rings (SSSR count). The number of aliphatic hydroxyl groups is 1. The lowest BCUT2D eigenvalue weighted by atomic mass is 10.1. The molecule has 0 heterocycles. The molecule has 0 amide bonds. The zero-order chi connectivity index (χ0) is 12.7. The van der Waals surface area contributed by atoms with E-state index in [4.69, 9.17) is 21.1 Å². The van der Waals surface area contributed by atoms with Crippen LogP contribution in [0, 0.1) is 0 Å². The van der Waals surface area contributed by atoms with Crippen molar-refractivity contribution >= 4 is 11.6 Å². The van der Waals surface area contributed by atoms with Crippen LogP contribution in [0.4, 0.5) is 0 Å². The predicted molar refractivity (Wildman–Crippen MR) is 68.2 cm³/mol. The molecular weight excluding hydrogens is 240 g/mol. The molecule has 0 bridgehead atoms. The van der Waals surface area contributed by atoms with Gasteiger partial charge >= 0.3 is 0 Å². The molecule has 1 aromatic carbocycles. The van der Waals surface area contributed by atoms with Crippen molar-refractivity contribution in [3.8, 4) is 0 Å². The molecule has 1 aromatic rings. The van der Waals surface area contributed by atoms with Crippen molar-refractivity contribution < 1.29 is 14.6 Å². The lowest BCUT2D eigenvalue weighted by Gasteiger charge is -2.22. The molecule has 0 fully saturated rings. The van der Waals surface area contributed by atoms with E-state index < -0.39 is 12.4 Å². The van der Waals surface area contributed by atoms with E-state index in [9.17, 15) is 5.11 Å². The van der Waals surface area contributed by atoms with Crippen LogP contribution in [0.5, 0.6) is 0 Å². The Hall–Kier alpha value is -0.610. The topological polar surface area (TPSA) is 38.7 Å². The molecule has 0 radical (unpaired) electrons. The minimum atomic E-state index is -0.713. The third kappa shape index (κ3) is 4.64. The molecular formula is C13H19ClO3. The zero-order valence-corrected chi connectivity index (χ0v) is 11.0. The van der Waals surface area contributed by atoms with Crippen molar-refractivity contribution in [2.24, 2.45) is 0 Å². The summed E-state index contributed by atoms with van der Waals surface area (Å²) in [6, 6.07) is 7.45. The van der Waals surface area contributed by atoms with Crippen molar-refractivity contribution in [2.75, 3.05) is 13.2 Å². The van der Waals surface area contributed by atoms with Gasteiger partial charge in [-0.3, -0.25) is 0 Å². The molecule has 96 valence electrons. The van der Waals surface area contributed by atoms with Crippen LogP contribution in [0.1, 0.15) is 19.4 Å². The van der Waals surface area contributed by atoms with Crippen LogP contribution >= 0.6 is 11.6 Å². The lowest BCUT2D eigenvalue weighted by Crippen LogP contribution is -2.33. The molecule has 1 atom stereocenters. The average molecular weight is 259 g/mol. The number of hydrogen-bond acceptors (Lipinski definition) is 3. The Morgan fingerprint density at radius 3 is 2.29 bits per heavy atom. The van der Waals surface area contributed by atoms with Crippen LogP contribution in [-0.2, 0) is 15.9 Å². The van der Waals surface area contributed by atoms with E-state index in [2.05, 4.69) is 0 Å². The van der Waals surface area contributed by atoms with Crippen LogP contribution < -0.4 is 0 Å². The molecule has 0 saturated heterocycles. The molecule has 0 aliphatic heterocycles. The Morgan fingerprint density at radius 1 is 1.18 bits per heavy atom. The summed E-state index contributed by atoms with van der Waals surface area (Å²) in [6.45, 7) is 4.75. The van der Waals surface area contributed by atoms with Crippen LogP contribution in [0.15, 0.2) is 24.3 Å². The monoisotopic (exact) mass is 258 g/mol. The van der Waals surface area contributed by atoms with E-state index in [1.165, 1.54) is 0 Å². The maximum Gasteiger partial charge on any atom is 0.183 e. The highest BCUT2D eigenvalue weighted by Crippen LogP contribution is 2.18. The summed E-state index contributed by atoms with van der Waals surface area (Å²) in [5.41, 5.74) is 0.895. The van der Waals surface area contributed by atoms with Gasteiger partial charge in [-0.05, 0) is 25.5 Å². The average Bonchev–Trinajstić information content (AvgIpc) is 2.32. The minimum absolute atomic E-state index is 0.421. The van der Waals surface area contributed by atoms with E-state index in [-0.39, 0.29) is 0 Å². The molecule has 0 aliphatic rings. The minimum Gasteiger partial charge on any atom is -0.387 e. The van der Waals surface area contributed by atoms with Crippen LogP contribution in [-0.4, -0.2) is 30.7 Å². The Kier molecular flexibility index (Phi) is 6.52. The lowest BCUT2D eigenvalue weighted by molar-refractivity contribution is -0.188. The van der Waals surface area contributed by atoms with Gasteiger partial charge in [0.05, 0.1) is 0 Å². The van der Waals surface area contributed by atoms with Crippen molar-refractivity contribution in [1.29, 1.82) is 0 Å². The van der Waals surface area contributed by atoms with E-state index in [1.807, 2.05) is 32.0 Å². The van der Waals surface area contributed by atoms with E-state index >= 15 is 0 Å². The van der Waals surface area contributed by atoms with E-state index in [0.717, 1.165) is 5.56 Å². The number of rotatable bonds is 7. The third-order valence-electron chi connectivity index (χ3n) is 2.36. The van der Waals surface area contributed by atoms with Crippen molar-refractivity contribution in [2.45, 2.75) is 32.7 Å². The van der Waals surface area contributed by atoms with Crippen molar-refractivity contribution in [1.82, 2.24) is 0 Å². The summed E-state index contributed by atoms with van der Waals surface area (Å²) < 4.78 is 10.7. The number of benzene rings is 1. The van der Waals surface area contributed by atoms with Gasteiger partial charge in [0.2, 0.25) is 0 Å². The standard InChI is InChI=1S/C13H19ClO3/c1-3-16-13(17-4-2)12(15)9-10-7-5-6-8-11(10)14/h5-8,12-13,15H,3-4,9H2,1-2H3. The first-order valence-electron chi connectivity index (χ1n) is 5.83. The molecule has 0 saturated carbocycles. The number of ether oxygens (including phenoxy) is 2. The first-order valence-corrected chi connectivity index (χ1v) is 6.21. The number of aliphatic hydroxyl groups excluding tert-OH is 1. The quantitative estimate of drug-likeness (QED) is 0.764. The molecule has 3 nitrogen and oxygen atoms in total. The fraction of sp³-hybridized carbons (Fsp3) is 0.538. The van der Waals surface area contributed by atoms with E-state index in [1.54, 1.807) is 6.07 Å². The van der Waals surface area contributed by atoms with Crippen molar-refractivity contribution in [3.63, 3.8) is 0 Å². The first kappa shape index (κ1) is 14.5. The van der Waals surface area contributed by atoms with Gasteiger partial charge in [0, 0.05) is 24.7 Å². The summed E-state index contributed by atoms with van der Waals surface area (Å²) in [7, 11) is 0. The van der Waals surface area contributed by atoms with Gasteiger partial charge < -0.3 is 14.6 Å². The van der Waals surface area contributed by atoms with Gasteiger partial charge in [0.15, 0.2) is 6.29 Å². The number of hydrogen-bond donors (Lipinski definition) is 1. The molecule has 0 aliphatic carbocycles. The predicted octanol–water partition coefficient (Wildman–Crippen LogP) is 2.64. The van der Waals surface area contributed by atoms with Gasteiger partial charge in [0.25, 0.3) is 0 Å². The summed E-state index contributed by atoms with van der Waals surface area (Å²) in [5, 5.41) is 10.7. The van der Waals surface area contributed by atoms with Crippen LogP contribution in [0.2, 0.25) is 5.02 Å². The summed E-state index contributed by atoms with van der Waals surface area (Å²) in [5.74, 6) is 0.